The van der Waals surface area contributed by atoms with E-state index in [0.717, 1.165) is 12.1 Å². The van der Waals surface area contributed by atoms with Crippen molar-refractivity contribution in [2.24, 2.45) is 5.73 Å². The molecule has 19 heavy (non-hydrogen) atoms. The maximum absolute atomic E-state index is 12.6. The van der Waals surface area contributed by atoms with Crippen molar-refractivity contribution in [3.8, 4) is 0 Å². The third kappa shape index (κ3) is 4.83. The van der Waals surface area contributed by atoms with Crippen LogP contribution in [0.5, 0.6) is 0 Å². The Hall–Kier alpha value is -1.08. The van der Waals surface area contributed by atoms with Crippen molar-refractivity contribution in [3.05, 3.63) is 33.8 Å². The Morgan fingerprint density at radius 3 is 2.58 bits per heavy atom. The molecule has 1 aromatic carbocycles. The average Bonchev–Trinajstić information content (AvgIpc) is 2.27. The number of halogens is 4. The van der Waals surface area contributed by atoms with Gasteiger partial charge in [0.05, 0.1) is 18.6 Å². The van der Waals surface area contributed by atoms with Crippen LogP contribution in [-0.2, 0) is 15.7 Å². The zero-order valence-corrected chi connectivity index (χ0v) is 11.7. The summed E-state index contributed by atoms with van der Waals surface area (Å²) in [6.45, 7) is 1.85. The molecule has 0 saturated carbocycles. The molecule has 0 radical (unpaired) electrons. The van der Waals surface area contributed by atoms with E-state index >= 15 is 0 Å². The maximum atomic E-state index is 12.6. The second-order valence-corrected chi connectivity index (χ2v) is 4.80. The van der Waals surface area contributed by atoms with Gasteiger partial charge in [0.15, 0.2) is 0 Å². The molecule has 3 nitrogen and oxygen atoms in total. The summed E-state index contributed by atoms with van der Waals surface area (Å²) in [7, 11) is 0. The van der Waals surface area contributed by atoms with Crippen LogP contribution in [0.4, 0.5) is 13.2 Å². The minimum absolute atomic E-state index is 0.165. The van der Waals surface area contributed by atoms with Gasteiger partial charge in [0.2, 0.25) is 0 Å². The molecule has 106 valence electrons. The molecular formula is C12H13BrF3NO2. The molecule has 7 heteroatoms. The zero-order valence-electron chi connectivity index (χ0n) is 10.1. The fourth-order valence-electron chi connectivity index (χ4n) is 1.51. The number of esters is 1. The molecule has 1 atom stereocenters. The van der Waals surface area contributed by atoms with Gasteiger partial charge in [-0.1, -0.05) is 15.9 Å². The minimum Gasteiger partial charge on any atom is -0.466 e. The molecular weight excluding hydrogens is 327 g/mol. The van der Waals surface area contributed by atoms with Crippen LogP contribution < -0.4 is 5.73 Å². The molecule has 0 heterocycles. The van der Waals surface area contributed by atoms with Gasteiger partial charge in [0, 0.05) is 10.5 Å². The van der Waals surface area contributed by atoms with Crippen molar-refractivity contribution in [2.45, 2.75) is 25.6 Å². The molecule has 0 aromatic heterocycles. The van der Waals surface area contributed by atoms with Gasteiger partial charge in [-0.2, -0.15) is 13.2 Å². The number of hydrogen-bond donors (Lipinski definition) is 1. The third-order valence-electron chi connectivity index (χ3n) is 2.37. The van der Waals surface area contributed by atoms with Crippen molar-refractivity contribution in [3.63, 3.8) is 0 Å². The summed E-state index contributed by atoms with van der Waals surface area (Å²) < 4.78 is 42.9. The quantitative estimate of drug-likeness (QED) is 0.855. The lowest BCUT2D eigenvalue weighted by molar-refractivity contribution is -0.143. The van der Waals surface area contributed by atoms with Gasteiger partial charge in [-0.15, -0.1) is 0 Å². The highest BCUT2D eigenvalue weighted by Gasteiger charge is 2.31. The zero-order chi connectivity index (χ0) is 14.6. The second kappa shape index (κ2) is 6.38. The van der Waals surface area contributed by atoms with Crippen molar-refractivity contribution >= 4 is 21.9 Å². The van der Waals surface area contributed by atoms with Crippen LogP contribution in [0, 0.1) is 0 Å². The van der Waals surface area contributed by atoms with E-state index in [1.807, 2.05) is 0 Å². The number of nitrogens with two attached hydrogens (primary N) is 1. The van der Waals surface area contributed by atoms with Crippen molar-refractivity contribution in [1.82, 2.24) is 0 Å². The molecule has 0 bridgehead atoms. The highest BCUT2D eigenvalue weighted by molar-refractivity contribution is 9.10. The Balaban J connectivity index is 2.94. The maximum Gasteiger partial charge on any atom is 0.416 e. The number of carbonyl (C=O) groups excluding carboxylic acids is 1. The Kier molecular flexibility index (Phi) is 5.37. The van der Waals surface area contributed by atoms with E-state index in [2.05, 4.69) is 15.9 Å². The first-order valence-corrected chi connectivity index (χ1v) is 6.32. The predicted molar refractivity (Wildman–Crippen MR) is 67.3 cm³/mol. The van der Waals surface area contributed by atoms with Gasteiger partial charge >= 0.3 is 12.1 Å². The number of benzene rings is 1. The Morgan fingerprint density at radius 1 is 1.42 bits per heavy atom. The minimum atomic E-state index is -4.46. The number of rotatable bonds is 4. The summed E-state index contributed by atoms with van der Waals surface area (Å²) in [6.07, 6.45) is -4.62. The summed E-state index contributed by atoms with van der Waals surface area (Å²) in [5.74, 6) is -0.538. The molecule has 0 aliphatic carbocycles. The van der Waals surface area contributed by atoms with Gasteiger partial charge in [0.25, 0.3) is 0 Å². The lowest BCUT2D eigenvalue weighted by Gasteiger charge is -2.14. The monoisotopic (exact) mass is 339 g/mol. The summed E-state index contributed by atoms with van der Waals surface area (Å²) >= 11 is 3.00. The van der Waals surface area contributed by atoms with Crippen LogP contribution in [-0.4, -0.2) is 12.6 Å². The first kappa shape index (κ1) is 16.0. The van der Waals surface area contributed by atoms with E-state index in [1.54, 1.807) is 6.92 Å². The summed E-state index contributed by atoms with van der Waals surface area (Å²) in [4.78, 5) is 11.3. The molecule has 0 unspecified atom stereocenters. The van der Waals surface area contributed by atoms with E-state index in [4.69, 9.17) is 10.5 Å². The van der Waals surface area contributed by atoms with E-state index in [9.17, 15) is 18.0 Å². The normalized spacial score (nSPS) is 13.2. The lowest BCUT2D eigenvalue weighted by Crippen LogP contribution is -2.18. The molecule has 0 aliphatic heterocycles. The van der Waals surface area contributed by atoms with Gasteiger partial charge < -0.3 is 10.5 Å². The number of alkyl halides is 3. The fraction of sp³-hybridized carbons (Fsp3) is 0.417. The summed E-state index contributed by atoms with van der Waals surface area (Å²) in [5.41, 5.74) is 5.14. The first-order chi connectivity index (χ1) is 8.74. The average molecular weight is 340 g/mol. The van der Waals surface area contributed by atoms with Crippen molar-refractivity contribution < 1.29 is 22.7 Å². The van der Waals surface area contributed by atoms with Gasteiger partial charge in [0.1, 0.15) is 0 Å². The van der Waals surface area contributed by atoms with E-state index in [0.29, 0.717) is 0 Å². The largest absolute Gasteiger partial charge is 0.466 e. The molecule has 1 rings (SSSR count). The summed E-state index contributed by atoms with van der Waals surface area (Å²) in [6, 6.07) is 2.52. The van der Waals surface area contributed by atoms with Crippen LogP contribution >= 0.6 is 15.9 Å². The van der Waals surface area contributed by atoms with Crippen LogP contribution in [0.15, 0.2) is 22.7 Å². The molecule has 0 saturated heterocycles. The molecule has 0 aliphatic rings. The SMILES string of the molecule is CCOC(=O)C[C@@H](N)c1cc(Br)cc(C(F)(F)F)c1. The van der Waals surface area contributed by atoms with Crippen molar-refractivity contribution in [2.75, 3.05) is 6.61 Å². The van der Waals surface area contributed by atoms with Gasteiger partial charge in [-0.05, 0) is 30.7 Å². The topological polar surface area (TPSA) is 52.3 Å². The van der Waals surface area contributed by atoms with Crippen LogP contribution in [0.3, 0.4) is 0 Å². The Labute approximate surface area is 117 Å². The standard InChI is InChI=1S/C12H13BrF3NO2/c1-2-19-11(18)6-10(17)7-3-8(12(14,15)16)5-9(13)4-7/h3-5,10H,2,6,17H2,1H3/t10-/m1/s1. The predicted octanol–water partition coefficient (Wildman–Crippen LogP) is 3.42. The van der Waals surface area contributed by atoms with Crippen molar-refractivity contribution in [1.29, 1.82) is 0 Å². The van der Waals surface area contributed by atoms with Gasteiger partial charge in [-0.25, -0.2) is 0 Å². The second-order valence-electron chi connectivity index (χ2n) is 3.89. The number of ether oxygens (including phenoxy) is 1. The van der Waals surface area contributed by atoms with E-state index in [1.165, 1.54) is 6.07 Å². The third-order valence-corrected chi connectivity index (χ3v) is 2.83. The number of hydrogen-bond acceptors (Lipinski definition) is 3. The van der Waals surface area contributed by atoms with Crippen LogP contribution in [0.1, 0.15) is 30.5 Å². The van der Waals surface area contributed by atoms with E-state index in [-0.39, 0.29) is 23.1 Å². The molecule has 1 aromatic rings. The smallest absolute Gasteiger partial charge is 0.416 e. The highest BCUT2D eigenvalue weighted by Crippen LogP contribution is 2.33. The lowest BCUT2D eigenvalue weighted by atomic mass is 10.0. The van der Waals surface area contributed by atoms with Crippen LogP contribution in [0.2, 0.25) is 0 Å². The van der Waals surface area contributed by atoms with Gasteiger partial charge in [-0.3, -0.25) is 4.79 Å². The fourth-order valence-corrected chi connectivity index (χ4v) is 2.02. The Morgan fingerprint density at radius 2 is 2.05 bits per heavy atom. The molecule has 0 amide bonds. The molecule has 2 N–H and O–H groups in total. The van der Waals surface area contributed by atoms with Crippen LogP contribution in [0.25, 0.3) is 0 Å². The molecule has 0 spiro atoms. The first-order valence-electron chi connectivity index (χ1n) is 5.53. The Bertz CT molecular complexity index is 463. The highest BCUT2D eigenvalue weighted by atomic mass is 79.9. The molecule has 0 fully saturated rings. The van der Waals surface area contributed by atoms with E-state index < -0.39 is 23.8 Å². The summed E-state index contributed by atoms with van der Waals surface area (Å²) in [5, 5.41) is 0. The number of carbonyl (C=O) groups is 1.